The SMILES string of the molecule is C=C(CCc1ccc(CCC)cc1CCOC)/C(F)=C\C(=C)C(C)/C=C\C(C)CC.C=CC=O. The van der Waals surface area contributed by atoms with Crippen LogP contribution in [0.4, 0.5) is 4.39 Å². The van der Waals surface area contributed by atoms with Gasteiger partial charge in [-0.15, -0.1) is 0 Å². The highest BCUT2D eigenvalue weighted by atomic mass is 19.1. The van der Waals surface area contributed by atoms with E-state index in [1.165, 1.54) is 22.8 Å². The van der Waals surface area contributed by atoms with Crippen LogP contribution in [-0.2, 0) is 28.8 Å². The molecule has 0 saturated carbocycles. The van der Waals surface area contributed by atoms with Crippen LogP contribution in [-0.4, -0.2) is 20.0 Å². The minimum atomic E-state index is -0.259. The highest BCUT2D eigenvalue weighted by Crippen LogP contribution is 2.23. The summed E-state index contributed by atoms with van der Waals surface area (Å²) in [5.74, 6) is 0.384. The summed E-state index contributed by atoms with van der Waals surface area (Å²) in [5, 5.41) is 0. The molecule has 0 amide bonds. The molecule has 0 aromatic heterocycles. The lowest BCUT2D eigenvalue weighted by Crippen LogP contribution is -2.02. The number of rotatable bonds is 15. The Hall–Kier alpha value is -2.52. The summed E-state index contributed by atoms with van der Waals surface area (Å²) in [7, 11) is 1.73. The van der Waals surface area contributed by atoms with Gasteiger partial charge in [0.1, 0.15) is 12.1 Å². The van der Waals surface area contributed by atoms with E-state index in [1.807, 2.05) is 6.92 Å². The van der Waals surface area contributed by atoms with Crippen LogP contribution in [0.1, 0.15) is 63.6 Å². The van der Waals surface area contributed by atoms with Gasteiger partial charge >= 0.3 is 0 Å². The van der Waals surface area contributed by atoms with Crippen LogP contribution in [0.15, 0.2) is 79.2 Å². The Morgan fingerprint density at radius 1 is 1.09 bits per heavy atom. The Labute approximate surface area is 208 Å². The van der Waals surface area contributed by atoms with Gasteiger partial charge in [0.2, 0.25) is 0 Å². The summed E-state index contributed by atoms with van der Waals surface area (Å²) < 4.78 is 20.0. The molecule has 0 aliphatic rings. The number of halogens is 1. The normalized spacial score (nSPS) is 13.1. The summed E-state index contributed by atoms with van der Waals surface area (Å²) in [6, 6.07) is 6.66. The van der Waals surface area contributed by atoms with Gasteiger partial charge in [-0.05, 0) is 77.5 Å². The number of aryl methyl sites for hydroxylation is 2. The van der Waals surface area contributed by atoms with Gasteiger partial charge < -0.3 is 4.74 Å². The second kappa shape index (κ2) is 18.9. The molecule has 2 nitrogen and oxygen atoms in total. The molecule has 2 atom stereocenters. The van der Waals surface area contributed by atoms with Crippen molar-refractivity contribution in [1.82, 2.24) is 0 Å². The lowest BCUT2D eigenvalue weighted by atomic mass is 9.94. The lowest BCUT2D eigenvalue weighted by molar-refractivity contribution is -0.104. The van der Waals surface area contributed by atoms with Gasteiger partial charge in [-0.2, -0.15) is 0 Å². The van der Waals surface area contributed by atoms with E-state index in [9.17, 15) is 4.39 Å². The van der Waals surface area contributed by atoms with E-state index >= 15 is 0 Å². The van der Waals surface area contributed by atoms with Gasteiger partial charge in [-0.1, -0.05) is 90.6 Å². The van der Waals surface area contributed by atoms with E-state index in [0.717, 1.165) is 37.7 Å². The molecule has 0 bridgehead atoms. The molecular formula is C31H45FO2. The van der Waals surface area contributed by atoms with Crippen molar-refractivity contribution in [3.63, 3.8) is 0 Å². The zero-order valence-electron chi connectivity index (χ0n) is 22.0. The molecule has 2 unspecified atom stereocenters. The van der Waals surface area contributed by atoms with Crippen LogP contribution in [0, 0.1) is 11.8 Å². The molecule has 0 spiro atoms. The van der Waals surface area contributed by atoms with Crippen LogP contribution in [0.3, 0.4) is 0 Å². The van der Waals surface area contributed by atoms with Crippen LogP contribution >= 0.6 is 0 Å². The fourth-order valence-corrected chi connectivity index (χ4v) is 3.23. The molecule has 0 heterocycles. The molecule has 0 saturated heterocycles. The third kappa shape index (κ3) is 13.3. The monoisotopic (exact) mass is 468 g/mol. The Morgan fingerprint density at radius 3 is 2.32 bits per heavy atom. The van der Waals surface area contributed by atoms with Crippen molar-refractivity contribution < 1.29 is 13.9 Å². The molecule has 1 rings (SSSR count). The fourth-order valence-electron chi connectivity index (χ4n) is 3.23. The molecule has 0 N–H and O–H groups in total. The average molecular weight is 469 g/mol. The average Bonchev–Trinajstić information content (AvgIpc) is 2.84. The summed E-state index contributed by atoms with van der Waals surface area (Å²) in [4.78, 5) is 9.06. The number of carbonyl (C=O) groups excluding carboxylic acids is 1. The maximum Gasteiger partial charge on any atom is 0.142 e. The lowest BCUT2D eigenvalue weighted by Gasteiger charge is -2.13. The first kappa shape index (κ1) is 31.5. The van der Waals surface area contributed by atoms with E-state index in [4.69, 9.17) is 9.53 Å². The van der Waals surface area contributed by atoms with Crippen molar-refractivity contribution in [1.29, 1.82) is 0 Å². The molecule has 188 valence electrons. The minimum absolute atomic E-state index is 0.115. The molecule has 34 heavy (non-hydrogen) atoms. The largest absolute Gasteiger partial charge is 0.384 e. The second-order valence-corrected chi connectivity index (χ2v) is 8.70. The van der Waals surface area contributed by atoms with E-state index in [1.54, 1.807) is 13.2 Å². The Morgan fingerprint density at radius 2 is 1.76 bits per heavy atom. The van der Waals surface area contributed by atoms with Gasteiger partial charge in [-0.25, -0.2) is 4.39 Å². The van der Waals surface area contributed by atoms with E-state index in [-0.39, 0.29) is 11.7 Å². The highest BCUT2D eigenvalue weighted by Gasteiger charge is 2.09. The van der Waals surface area contributed by atoms with Gasteiger partial charge in [-0.3, -0.25) is 4.79 Å². The van der Waals surface area contributed by atoms with Crippen LogP contribution in [0.25, 0.3) is 0 Å². The molecule has 1 aromatic rings. The fraction of sp³-hybridized carbons (Fsp3) is 0.452. The van der Waals surface area contributed by atoms with Gasteiger partial charge in [0.25, 0.3) is 0 Å². The molecule has 1 aromatic carbocycles. The van der Waals surface area contributed by atoms with E-state index in [0.29, 0.717) is 30.8 Å². The number of hydrogen-bond donors (Lipinski definition) is 0. The third-order valence-electron chi connectivity index (χ3n) is 5.78. The molecule has 0 aliphatic carbocycles. The van der Waals surface area contributed by atoms with Crippen LogP contribution < -0.4 is 0 Å². The van der Waals surface area contributed by atoms with Gasteiger partial charge in [0.05, 0.1) is 6.61 Å². The predicted octanol–water partition coefficient (Wildman–Crippen LogP) is 8.34. The molecular weight excluding hydrogens is 423 g/mol. The van der Waals surface area contributed by atoms with Gasteiger partial charge in [0, 0.05) is 7.11 Å². The molecule has 0 fully saturated rings. The summed E-state index contributed by atoms with van der Waals surface area (Å²) in [6.45, 7) is 20.4. The number of aldehydes is 1. The number of benzene rings is 1. The van der Waals surface area contributed by atoms with E-state index in [2.05, 4.69) is 70.9 Å². The number of carbonyl (C=O) groups is 1. The zero-order chi connectivity index (χ0) is 25.9. The molecule has 0 radical (unpaired) electrons. The van der Waals surface area contributed by atoms with Crippen molar-refractivity contribution in [2.75, 3.05) is 13.7 Å². The third-order valence-corrected chi connectivity index (χ3v) is 5.78. The summed E-state index contributed by atoms with van der Waals surface area (Å²) >= 11 is 0. The Kier molecular flexibility index (Phi) is 17.5. The van der Waals surface area contributed by atoms with Crippen molar-refractivity contribution in [2.45, 2.75) is 66.2 Å². The van der Waals surface area contributed by atoms with Crippen molar-refractivity contribution in [2.24, 2.45) is 11.8 Å². The maximum atomic E-state index is 14.7. The predicted molar refractivity (Wildman–Crippen MR) is 146 cm³/mol. The zero-order valence-corrected chi connectivity index (χ0v) is 22.0. The first-order valence-electron chi connectivity index (χ1n) is 12.3. The maximum absolute atomic E-state index is 14.7. The summed E-state index contributed by atoms with van der Waals surface area (Å²) in [6.07, 6.45) is 13.2. The Bertz CT molecular complexity index is 826. The highest BCUT2D eigenvalue weighted by molar-refractivity contribution is 5.63. The van der Waals surface area contributed by atoms with Crippen molar-refractivity contribution >= 4 is 6.29 Å². The standard InChI is InChI=1S/C28H41FO.C3H4O/c1-8-10-25-14-16-26(27(20-25)17-18-30-7)15-13-23(5)28(29)19-24(6)22(4)12-11-21(3)9-2;1-2-3-4/h11-12,14,16,19-22H,5-6,8-10,13,15,17-18H2,1-4,7H3;2-3H,1H2/b12-11-,28-19+;. The van der Waals surface area contributed by atoms with Crippen LogP contribution in [0.2, 0.25) is 0 Å². The first-order chi connectivity index (χ1) is 16.2. The number of ether oxygens (including phenoxy) is 1. The van der Waals surface area contributed by atoms with Crippen molar-refractivity contribution in [3.05, 3.63) is 95.9 Å². The van der Waals surface area contributed by atoms with Crippen LogP contribution in [0.5, 0.6) is 0 Å². The smallest absolute Gasteiger partial charge is 0.142 e. The first-order valence-corrected chi connectivity index (χ1v) is 12.3. The molecule has 0 aliphatic heterocycles. The second-order valence-electron chi connectivity index (χ2n) is 8.70. The van der Waals surface area contributed by atoms with Crippen molar-refractivity contribution in [3.8, 4) is 0 Å². The Balaban J connectivity index is 0.00000251. The minimum Gasteiger partial charge on any atom is -0.384 e. The number of allylic oxidation sites excluding steroid dienone is 7. The number of methoxy groups -OCH3 is 1. The quantitative estimate of drug-likeness (QED) is 0.112. The molecule has 3 heteroatoms. The number of hydrogen-bond acceptors (Lipinski definition) is 2. The van der Waals surface area contributed by atoms with Gasteiger partial charge in [0.15, 0.2) is 0 Å². The van der Waals surface area contributed by atoms with E-state index < -0.39 is 0 Å². The summed E-state index contributed by atoms with van der Waals surface area (Å²) in [5.41, 5.74) is 5.22. The topological polar surface area (TPSA) is 26.3 Å².